The summed E-state index contributed by atoms with van der Waals surface area (Å²) in [5, 5.41) is 10.4. The smallest absolute Gasteiger partial charge is 0.0695 e. The molecule has 1 aliphatic carbocycles. The molecule has 19 heavy (non-hydrogen) atoms. The quantitative estimate of drug-likeness (QED) is 0.848. The summed E-state index contributed by atoms with van der Waals surface area (Å²) in [7, 11) is 0. The number of rotatable bonds is 4. The van der Waals surface area contributed by atoms with Crippen molar-refractivity contribution >= 4 is 0 Å². The third-order valence-corrected chi connectivity index (χ3v) is 5.26. The number of piperazine rings is 1. The van der Waals surface area contributed by atoms with Crippen molar-refractivity contribution in [3.63, 3.8) is 0 Å². The van der Waals surface area contributed by atoms with E-state index in [1.54, 1.807) is 0 Å². The van der Waals surface area contributed by atoms with Gasteiger partial charge in [0.2, 0.25) is 0 Å². The molecule has 4 atom stereocenters. The van der Waals surface area contributed by atoms with Crippen molar-refractivity contribution in [1.29, 1.82) is 0 Å². The number of nitrogens with zero attached hydrogens (tertiary/aromatic N) is 2. The topological polar surface area (TPSA) is 26.7 Å². The Hall–Kier alpha value is -0.120. The van der Waals surface area contributed by atoms with Crippen molar-refractivity contribution in [3.8, 4) is 0 Å². The largest absolute Gasteiger partial charge is 0.391 e. The molecule has 3 nitrogen and oxygen atoms in total. The summed E-state index contributed by atoms with van der Waals surface area (Å²) in [4.78, 5) is 5.12. The maximum Gasteiger partial charge on any atom is 0.0695 e. The predicted molar refractivity (Wildman–Crippen MR) is 80.3 cm³/mol. The average Bonchev–Trinajstić information content (AvgIpc) is 2.41. The number of aliphatic hydroxyl groups is 1. The fraction of sp³-hybridized carbons (Fsp3) is 1.00. The Labute approximate surface area is 119 Å². The van der Waals surface area contributed by atoms with Gasteiger partial charge in [-0.1, -0.05) is 26.7 Å². The zero-order valence-corrected chi connectivity index (χ0v) is 13.0. The van der Waals surface area contributed by atoms with Gasteiger partial charge in [-0.25, -0.2) is 0 Å². The van der Waals surface area contributed by atoms with E-state index in [1.165, 1.54) is 32.2 Å². The van der Waals surface area contributed by atoms with Crippen LogP contribution in [-0.4, -0.2) is 59.3 Å². The van der Waals surface area contributed by atoms with Crippen LogP contribution in [0.2, 0.25) is 0 Å². The normalized spacial score (nSPS) is 38.5. The van der Waals surface area contributed by atoms with Gasteiger partial charge < -0.3 is 5.11 Å². The van der Waals surface area contributed by atoms with Crippen LogP contribution in [0.25, 0.3) is 0 Å². The van der Waals surface area contributed by atoms with E-state index in [0.29, 0.717) is 12.1 Å². The minimum atomic E-state index is -0.0894. The SMILES string of the molecule is CCCC1CCC(O)C(N2CCN(CC)C(C)C2)C1. The van der Waals surface area contributed by atoms with Crippen LogP contribution in [0.1, 0.15) is 52.9 Å². The lowest BCUT2D eigenvalue weighted by Crippen LogP contribution is -2.58. The number of aliphatic hydroxyl groups excluding tert-OH is 1. The first-order chi connectivity index (χ1) is 9.15. The van der Waals surface area contributed by atoms with Crippen molar-refractivity contribution in [2.24, 2.45) is 5.92 Å². The highest BCUT2D eigenvalue weighted by atomic mass is 16.3. The summed E-state index contributed by atoms with van der Waals surface area (Å²) < 4.78 is 0. The average molecular weight is 268 g/mol. The molecule has 1 saturated carbocycles. The van der Waals surface area contributed by atoms with Gasteiger partial charge in [0, 0.05) is 31.7 Å². The van der Waals surface area contributed by atoms with Crippen LogP contribution in [-0.2, 0) is 0 Å². The van der Waals surface area contributed by atoms with Crippen LogP contribution in [0.4, 0.5) is 0 Å². The second kappa shape index (κ2) is 7.05. The fourth-order valence-corrected chi connectivity index (χ4v) is 4.07. The van der Waals surface area contributed by atoms with E-state index in [1.807, 2.05) is 0 Å². The van der Waals surface area contributed by atoms with Crippen molar-refractivity contribution < 1.29 is 5.11 Å². The van der Waals surface area contributed by atoms with Gasteiger partial charge in [0.05, 0.1) is 6.10 Å². The highest BCUT2D eigenvalue weighted by Crippen LogP contribution is 2.32. The number of hydrogen-bond acceptors (Lipinski definition) is 3. The van der Waals surface area contributed by atoms with Gasteiger partial charge in [-0.3, -0.25) is 9.80 Å². The first-order valence-electron chi connectivity index (χ1n) is 8.31. The molecule has 1 saturated heterocycles. The monoisotopic (exact) mass is 268 g/mol. The Bertz CT molecular complexity index is 271. The van der Waals surface area contributed by atoms with Crippen LogP contribution in [0, 0.1) is 5.92 Å². The van der Waals surface area contributed by atoms with Crippen molar-refractivity contribution in [2.45, 2.75) is 71.1 Å². The van der Waals surface area contributed by atoms with Crippen LogP contribution >= 0.6 is 0 Å². The lowest BCUT2D eigenvalue weighted by molar-refractivity contribution is -0.0302. The van der Waals surface area contributed by atoms with Crippen LogP contribution in [0.3, 0.4) is 0 Å². The molecule has 112 valence electrons. The van der Waals surface area contributed by atoms with Gasteiger partial charge >= 0.3 is 0 Å². The van der Waals surface area contributed by atoms with E-state index in [2.05, 4.69) is 30.6 Å². The van der Waals surface area contributed by atoms with Gasteiger partial charge in [-0.15, -0.1) is 0 Å². The molecule has 2 fully saturated rings. The molecule has 4 unspecified atom stereocenters. The van der Waals surface area contributed by atoms with E-state index in [4.69, 9.17) is 0 Å². The molecule has 2 aliphatic rings. The highest BCUT2D eigenvalue weighted by molar-refractivity contribution is 4.90. The molecule has 3 heteroatoms. The zero-order valence-electron chi connectivity index (χ0n) is 13.0. The first-order valence-corrected chi connectivity index (χ1v) is 8.31. The van der Waals surface area contributed by atoms with Crippen LogP contribution in [0.5, 0.6) is 0 Å². The third-order valence-electron chi connectivity index (χ3n) is 5.26. The molecule has 0 aromatic rings. The molecule has 0 bridgehead atoms. The van der Waals surface area contributed by atoms with Crippen molar-refractivity contribution in [1.82, 2.24) is 9.80 Å². The first kappa shape index (κ1) is 15.3. The van der Waals surface area contributed by atoms with Crippen LogP contribution in [0.15, 0.2) is 0 Å². The van der Waals surface area contributed by atoms with Gasteiger partial charge in [-0.05, 0) is 38.6 Å². The molecule has 0 radical (unpaired) electrons. The van der Waals surface area contributed by atoms with Crippen LogP contribution < -0.4 is 0 Å². The Kier molecular flexibility index (Phi) is 5.67. The van der Waals surface area contributed by atoms with E-state index < -0.39 is 0 Å². The molecule has 1 heterocycles. The number of likely N-dealkylation sites (N-methyl/N-ethyl adjacent to an activating group) is 1. The summed E-state index contributed by atoms with van der Waals surface area (Å²) in [6.45, 7) is 11.4. The Balaban J connectivity index is 1.92. The summed E-state index contributed by atoms with van der Waals surface area (Å²) in [5.41, 5.74) is 0. The second-order valence-corrected chi connectivity index (χ2v) is 6.57. The van der Waals surface area contributed by atoms with E-state index >= 15 is 0 Å². The molecule has 0 aromatic carbocycles. The van der Waals surface area contributed by atoms with Crippen molar-refractivity contribution in [3.05, 3.63) is 0 Å². The molecule has 2 rings (SSSR count). The van der Waals surface area contributed by atoms with Crippen molar-refractivity contribution in [2.75, 3.05) is 26.2 Å². The van der Waals surface area contributed by atoms with E-state index in [9.17, 15) is 5.11 Å². The van der Waals surface area contributed by atoms with Gasteiger partial charge in [0.25, 0.3) is 0 Å². The summed E-state index contributed by atoms with van der Waals surface area (Å²) in [6.07, 6.45) is 6.00. The Morgan fingerprint density at radius 3 is 2.58 bits per heavy atom. The summed E-state index contributed by atoms with van der Waals surface area (Å²) in [5.74, 6) is 0.845. The lowest BCUT2D eigenvalue weighted by atomic mass is 9.80. The Morgan fingerprint density at radius 2 is 1.95 bits per heavy atom. The molecule has 1 N–H and O–H groups in total. The molecule has 0 amide bonds. The molecule has 0 aromatic heterocycles. The maximum absolute atomic E-state index is 10.4. The standard InChI is InChI=1S/C16H32N2O/c1-4-6-14-7-8-16(19)15(11-14)18-10-9-17(5-2)13(3)12-18/h13-16,19H,4-12H2,1-3H3. The predicted octanol–water partition coefficient (Wildman–Crippen LogP) is 2.34. The minimum absolute atomic E-state index is 0.0894. The molecule has 1 aliphatic heterocycles. The maximum atomic E-state index is 10.4. The van der Waals surface area contributed by atoms with Gasteiger partial charge in [0.1, 0.15) is 0 Å². The van der Waals surface area contributed by atoms with E-state index in [0.717, 1.165) is 32.0 Å². The summed E-state index contributed by atoms with van der Waals surface area (Å²) in [6, 6.07) is 1.06. The lowest BCUT2D eigenvalue weighted by Gasteiger charge is -2.46. The molecular formula is C16H32N2O. The number of hydrogen-bond donors (Lipinski definition) is 1. The highest BCUT2D eigenvalue weighted by Gasteiger charge is 2.35. The van der Waals surface area contributed by atoms with E-state index in [-0.39, 0.29) is 6.10 Å². The third kappa shape index (κ3) is 3.71. The minimum Gasteiger partial charge on any atom is -0.391 e. The molecule has 0 spiro atoms. The summed E-state index contributed by atoms with van der Waals surface area (Å²) >= 11 is 0. The van der Waals surface area contributed by atoms with Gasteiger partial charge in [0.15, 0.2) is 0 Å². The van der Waals surface area contributed by atoms with Gasteiger partial charge in [-0.2, -0.15) is 0 Å². The fourth-order valence-electron chi connectivity index (χ4n) is 4.07. The second-order valence-electron chi connectivity index (χ2n) is 6.57. The zero-order chi connectivity index (χ0) is 13.8. The molecular weight excluding hydrogens is 236 g/mol. The Morgan fingerprint density at radius 1 is 1.16 bits per heavy atom.